The zero-order valence-corrected chi connectivity index (χ0v) is 16.1. The Morgan fingerprint density at radius 3 is 1.97 bits per heavy atom. The van der Waals surface area contributed by atoms with Crippen LogP contribution in [0, 0.1) is 0 Å². The van der Waals surface area contributed by atoms with Gasteiger partial charge in [-0.05, 0) is 11.1 Å². The summed E-state index contributed by atoms with van der Waals surface area (Å²) >= 11 is 0. The van der Waals surface area contributed by atoms with Crippen molar-refractivity contribution < 1.29 is 29.0 Å². The van der Waals surface area contributed by atoms with Crippen molar-refractivity contribution in [2.45, 2.75) is 31.5 Å². The van der Waals surface area contributed by atoms with Crippen molar-refractivity contribution in [3.05, 3.63) is 71.8 Å². The molecule has 9 nitrogen and oxygen atoms in total. The van der Waals surface area contributed by atoms with Crippen molar-refractivity contribution in [1.29, 1.82) is 0 Å². The average molecular weight is 413 g/mol. The minimum Gasteiger partial charge on any atom is -0.481 e. The van der Waals surface area contributed by atoms with E-state index in [-0.39, 0.29) is 13.0 Å². The molecule has 158 valence electrons. The number of carboxylic acids is 1. The number of ether oxygens (including phenoxy) is 1. The molecule has 30 heavy (non-hydrogen) atoms. The summed E-state index contributed by atoms with van der Waals surface area (Å²) in [5.41, 5.74) is 6.69. The van der Waals surface area contributed by atoms with E-state index in [1.54, 1.807) is 54.6 Å². The summed E-state index contributed by atoms with van der Waals surface area (Å²) in [6, 6.07) is 15.4. The summed E-state index contributed by atoms with van der Waals surface area (Å²) in [6.45, 7) is 0.00920. The summed E-state index contributed by atoms with van der Waals surface area (Å²) in [7, 11) is 0. The fourth-order valence-corrected chi connectivity index (χ4v) is 2.64. The molecule has 2 aromatic rings. The number of carbonyl (C=O) groups excluding carboxylic acids is 3. The molecule has 9 heteroatoms. The predicted molar refractivity (Wildman–Crippen MR) is 107 cm³/mol. The molecule has 0 aromatic heterocycles. The molecule has 0 radical (unpaired) electrons. The number of amides is 3. The van der Waals surface area contributed by atoms with E-state index in [2.05, 4.69) is 10.6 Å². The van der Waals surface area contributed by atoms with Crippen LogP contribution < -0.4 is 16.4 Å². The Labute approximate surface area is 173 Å². The average Bonchev–Trinajstić information content (AvgIpc) is 2.72. The standard InChI is InChI=1S/C21H23N3O6/c22-19(27)16(12-18(25)26)23-20(28)17(11-14-7-3-1-4-8-14)24-21(29)30-13-15-9-5-2-6-10-15/h1-10,16-17H,11-13H2,(H2,22,27)(H,23,28)(H,24,29)(H,25,26)/t16-,17+/m0/s1. The predicted octanol–water partition coefficient (Wildman–Crippen LogP) is 0.969. The highest BCUT2D eigenvalue weighted by molar-refractivity contribution is 5.92. The van der Waals surface area contributed by atoms with Crippen LogP contribution in [0.25, 0.3) is 0 Å². The lowest BCUT2D eigenvalue weighted by molar-refractivity contribution is -0.140. The Hall–Kier alpha value is -3.88. The van der Waals surface area contributed by atoms with Gasteiger partial charge in [0, 0.05) is 6.42 Å². The molecule has 0 aliphatic carbocycles. The van der Waals surface area contributed by atoms with Gasteiger partial charge in [0.1, 0.15) is 18.7 Å². The van der Waals surface area contributed by atoms with Crippen molar-refractivity contribution in [3.63, 3.8) is 0 Å². The molecule has 2 aromatic carbocycles. The fourth-order valence-electron chi connectivity index (χ4n) is 2.64. The van der Waals surface area contributed by atoms with Gasteiger partial charge in [-0.1, -0.05) is 60.7 Å². The van der Waals surface area contributed by atoms with Crippen LogP contribution >= 0.6 is 0 Å². The van der Waals surface area contributed by atoms with Crippen LogP contribution in [-0.4, -0.2) is 41.1 Å². The number of hydrogen-bond donors (Lipinski definition) is 4. The SMILES string of the molecule is NC(=O)[C@H](CC(=O)O)NC(=O)[C@@H](Cc1ccccc1)NC(=O)OCc1ccccc1. The van der Waals surface area contributed by atoms with Gasteiger partial charge >= 0.3 is 12.1 Å². The Morgan fingerprint density at radius 1 is 0.867 bits per heavy atom. The summed E-state index contributed by atoms with van der Waals surface area (Å²) in [5, 5.41) is 13.6. The van der Waals surface area contributed by atoms with Crippen LogP contribution in [0.2, 0.25) is 0 Å². The lowest BCUT2D eigenvalue weighted by atomic mass is 10.0. The quantitative estimate of drug-likeness (QED) is 0.456. The highest BCUT2D eigenvalue weighted by atomic mass is 16.5. The van der Waals surface area contributed by atoms with E-state index >= 15 is 0 Å². The molecule has 0 unspecified atom stereocenters. The van der Waals surface area contributed by atoms with Crippen molar-refractivity contribution in [1.82, 2.24) is 10.6 Å². The number of benzene rings is 2. The molecule has 0 saturated heterocycles. The summed E-state index contributed by atoms with van der Waals surface area (Å²) in [6.07, 6.45) is -1.40. The zero-order valence-electron chi connectivity index (χ0n) is 16.1. The van der Waals surface area contributed by atoms with Crippen LogP contribution in [0.4, 0.5) is 4.79 Å². The second kappa shape index (κ2) is 11.2. The molecule has 0 fully saturated rings. The maximum atomic E-state index is 12.7. The molecule has 0 aliphatic rings. The Bertz CT molecular complexity index is 873. The van der Waals surface area contributed by atoms with E-state index in [1.165, 1.54) is 0 Å². The van der Waals surface area contributed by atoms with E-state index in [1.807, 2.05) is 6.07 Å². The smallest absolute Gasteiger partial charge is 0.408 e. The molecule has 5 N–H and O–H groups in total. The first-order chi connectivity index (χ1) is 14.3. The van der Waals surface area contributed by atoms with Crippen molar-refractivity contribution in [2.24, 2.45) is 5.73 Å². The number of nitrogens with two attached hydrogens (primary N) is 1. The van der Waals surface area contributed by atoms with Crippen LogP contribution in [0.15, 0.2) is 60.7 Å². The number of aliphatic carboxylic acids is 1. The second-order valence-electron chi connectivity index (χ2n) is 6.51. The van der Waals surface area contributed by atoms with Crippen LogP contribution in [0.5, 0.6) is 0 Å². The second-order valence-corrected chi connectivity index (χ2v) is 6.51. The van der Waals surface area contributed by atoms with Crippen LogP contribution in [0.3, 0.4) is 0 Å². The fraction of sp³-hybridized carbons (Fsp3) is 0.238. The molecule has 2 rings (SSSR count). The van der Waals surface area contributed by atoms with Gasteiger partial charge in [-0.25, -0.2) is 4.79 Å². The van der Waals surface area contributed by atoms with E-state index in [9.17, 15) is 19.2 Å². The van der Waals surface area contributed by atoms with E-state index in [4.69, 9.17) is 15.6 Å². The van der Waals surface area contributed by atoms with Gasteiger partial charge in [0.15, 0.2) is 0 Å². The van der Waals surface area contributed by atoms with Crippen molar-refractivity contribution in [3.8, 4) is 0 Å². The number of carboxylic acid groups (broad SMARTS) is 1. The lowest BCUT2D eigenvalue weighted by Crippen LogP contribution is -2.54. The third-order valence-corrected chi connectivity index (χ3v) is 4.14. The minimum absolute atomic E-state index is 0.00920. The topological polar surface area (TPSA) is 148 Å². The van der Waals surface area contributed by atoms with E-state index in [0.717, 1.165) is 11.1 Å². The lowest BCUT2D eigenvalue weighted by Gasteiger charge is -2.21. The third-order valence-electron chi connectivity index (χ3n) is 4.14. The number of alkyl carbamates (subject to hydrolysis) is 1. The number of hydrogen-bond acceptors (Lipinski definition) is 5. The maximum absolute atomic E-state index is 12.7. The highest BCUT2D eigenvalue weighted by Gasteiger charge is 2.27. The molecule has 3 amide bonds. The Balaban J connectivity index is 2.06. The van der Waals surface area contributed by atoms with Crippen molar-refractivity contribution in [2.75, 3.05) is 0 Å². The molecule has 0 heterocycles. The molecule has 2 atom stereocenters. The number of nitrogens with one attached hydrogen (secondary N) is 2. The monoisotopic (exact) mass is 413 g/mol. The first kappa shape index (κ1) is 22.4. The first-order valence-electron chi connectivity index (χ1n) is 9.17. The number of primary amides is 1. The Kier molecular flexibility index (Phi) is 8.37. The third kappa shape index (κ3) is 7.63. The normalized spacial score (nSPS) is 12.3. The molecule has 0 aliphatic heterocycles. The van der Waals surface area contributed by atoms with Gasteiger partial charge in [-0.2, -0.15) is 0 Å². The van der Waals surface area contributed by atoms with E-state index in [0.29, 0.717) is 0 Å². The largest absolute Gasteiger partial charge is 0.481 e. The summed E-state index contributed by atoms with van der Waals surface area (Å²) in [4.78, 5) is 47.3. The molecule has 0 spiro atoms. The molecule has 0 bridgehead atoms. The first-order valence-corrected chi connectivity index (χ1v) is 9.17. The molecular formula is C21H23N3O6. The van der Waals surface area contributed by atoms with Gasteiger partial charge in [-0.3, -0.25) is 14.4 Å². The van der Waals surface area contributed by atoms with Gasteiger partial charge in [0.2, 0.25) is 11.8 Å². The van der Waals surface area contributed by atoms with Gasteiger partial charge in [-0.15, -0.1) is 0 Å². The minimum atomic E-state index is -1.41. The Morgan fingerprint density at radius 2 is 1.43 bits per heavy atom. The van der Waals surface area contributed by atoms with Crippen LogP contribution in [-0.2, 0) is 32.1 Å². The molecular weight excluding hydrogens is 390 g/mol. The highest BCUT2D eigenvalue weighted by Crippen LogP contribution is 2.06. The molecule has 0 saturated carbocycles. The van der Waals surface area contributed by atoms with Gasteiger partial charge in [0.25, 0.3) is 0 Å². The summed E-state index contributed by atoms with van der Waals surface area (Å²) in [5.74, 6) is -3.04. The summed E-state index contributed by atoms with van der Waals surface area (Å²) < 4.78 is 5.15. The van der Waals surface area contributed by atoms with Crippen LogP contribution in [0.1, 0.15) is 17.5 Å². The van der Waals surface area contributed by atoms with E-state index < -0.39 is 42.4 Å². The van der Waals surface area contributed by atoms with Gasteiger partial charge in [0.05, 0.1) is 6.42 Å². The number of carbonyl (C=O) groups is 4. The maximum Gasteiger partial charge on any atom is 0.408 e. The number of rotatable bonds is 10. The van der Waals surface area contributed by atoms with Crippen molar-refractivity contribution >= 4 is 23.9 Å². The van der Waals surface area contributed by atoms with Gasteiger partial charge < -0.3 is 26.2 Å². The zero-order chi connectivity index (χ0) is 21.9.